The largest absolute Gasteiger partial charge is 0.304 e. The number of benzene rings is 2. The third kappa shape index (κ3) is 4.26. The maximum absolute atomic E-state index is 13.5. The molecular weight excluding hydrogens is 394 g/mol. The average molecular weight is 420 g/mol. The molecular formula is C22H26ClNO3S. The number of hydrogen-bond acceptors (Lipinski definition) is 3. The molecule has 3 rings (SSSR count). The molecule has 0 radical (unpaired) electrons. The van der Waals surface area contributed by atoms with Crippen LogP contribution in [0.15, 0.2) is 42.5 Å². The zero-order valence-electron chi connectivity index (χ0n) is 16.7. The van der Waals surface area contributed by atoms with E-state index in [0.717, 1.165) is 11.1 Å². The predicted octanol–water partition coefficient (Wildman–Crippen LogP) is 4.78. The van der Waals surface area contributed by atoms with Gasteiger partial charge in [-0.3, -0.25) is 4.79 Å². The summed E-state index contributed by atoms with van der Waals surface area (Å²) < 4.78 is 24.2. The minimum Gasteiger partial charge on any atom is -0.304 e. The Labute approximate surface area is 172 Å². The highest BCUT2D eigenvalue weighted by Crippen LogP contribution is 2.32. The lowest BCUT2D eigenvalue weighted by Gasteiger charge is -2.30. The Morgan fingerprint density at radius 3 is 2.29 bits per heavy atom. The van der Waals surface area contributed by atoms with Crippen molar-refractivity contribution in [2.24, 2.45) is 0 Å². The Hall–Kier alpha value is -1.85. The van der Waals surface area contributed by atoms with Gasteiger partial charge in [-0.05, 0) is 54.2 Å². The number of hydrogen-bond donors (Lipinski definition) is 0. The van der Waals surface area contributed by atoms with Crippen LogP contribution in [0.25, 0.3) is 0 Å². The van der Waals surface area contributed by atoms with E-state index in [1.165, 1.54) is 0 Å². The van der Waals surface area contributed by atoms with Crippen molar-refractivity contribution in [1.29, 1.82) is 0 Å². The summed E-state index contributed by atoms with van der Waals surface area (Å²) in [5.41, 5.74) is 3.10. The first-order valence-electron chi connectivity index (χ1n) is 9.39. The normalized spacial score (nSPS) is 18.8. The van der Waals surface area contributed by atoms with Gasteiger partial charge < -0.3 is 4.90 Å². The van der Waals surface area contributed by atoms with Crippen LogP contribution in [-0.2, 0) is 15.3 Å². The highest BCUT2D eigenvalue weighted by Gasteiger charge is 2.36. The van der Waals surface area contributed by atoms with E-state index >= 15 is 0 Å². The van der Waals surface area contributed by atoms with Crippen LogP contribution < -0.4 is 4.90 Å². The Morgan fingerprint density at radius 1 is 1.11 bits per heavy atom. The summed E-state index contributed by atoms with van der Waals surface area (Å²) in [6, 6.07) is 12.6. The topological polar surface area (TPSA) is 54.5 Å². The lowest BCUT2D eigenvalue weighted by molar-refractivity contribution is 0.0979. The molecule has 0 spiro atoms. The zero-order chi connectivity index (χ0) is 20.7. The maximum atomic E-state index is 13.5. The lowest BCUT2D eigenvalue weighted by atomic mass is 9.86. The lowest BCUT2D eigenvalue weighted by Crippen LogP contribution is -2.41. The SMILES string of the molecule is Cc1c(Cl)cccc1N(C(=O)c1ccc(C(C)(C)C)cc1)C1CCS(=O)(=O)C1. The van der Waals surface area contributed by atoms with E-state index in [1.54, 1.807) is 17.0 Å². The summed E-state index contributed by atoms with van der Waals surface area (Å²) in [7, 11) is -3.14. The monoisotopic (exact) mass is 419 g/mol. The van der Waals surface area contributed by atoms with Gasteiger partial charge in [0.05, 0.1) is 17.5 Å². The van der Waals surface area contributed by atoms with Crippen molar-refractivity contribution in [1.82, 2.24) is 0 Å². The highest BCUT2D eigenvalue weighted by atomic mass is 35.5. The van der Waals surface area contributed by atoms with E-state index in [9.17, 15) is 13.2 Å². The third-order valence-corrected chi connectivity index (χ3v) is 7.45. The van der Waals surface area contributed by atoms with E-state index in [-0.39, 0.29) is 22.8 Å². The molecule has 1 fully saturated rings. The van der Waals surface area contributed by atoms with Crippen molar-refractivity contribution in [3.05, 3.63) is 64.2 Å². The minimum absolute atomic E-state index is 0.00958. The summed E-state index contributed by atoms with van der Waals surface area (Å²) in [5, 5.41) is 0.555. The van der Waals surface area contributed by atoms with Gasteiger partial charge in [-0.1, -0.05) is 50.6 Å². The van der Waals surface area contributed by atoms with Crippen molar-refractivity contribution in [3.63, 3.8) is 0 Å². The minimum atomic E-state index is -3.14. The van der Waals surface area contributed by atoms with E-state index in [2.05, 4.69) is 20.8 Å². The molecule has 1 aliphatic rings. The van der Waals surface area contributed by atoms with Gasteiger partial charge in [-0.15, -0.1) is 0 Å². The number of carbonyl (C=O) groups excluding carboxylic acids is 1. The Bertz CT molecular complexity index is 991. The smallest absolute Gasteiger partial charge is 0.258 e. The van der Waals surface area contributed by atoms with Gasteiger partial charge in [0, 0.05) is 16.3 Å². The summed E-state index contributed by atoms with van der Waals surface area (Å²) in [4.78, 5) is 15.1. The molecule has 0 aromatic heterocycles. The van der Waals surface area contributed by atoms with Gasteiger partial charge in [0.1, 0.15) is 0 Å². The van der Waals surface area contributed by atoms with Crippen LogP contribution in [0.3, 0.4) is 0 Å². The van der Waals surface area contributed by atoms with Crippen LogP contribution in [0.5, 0.6) is 0 Å². The quantitative estimate of drug-likeness (QED) is 0.719. The fourth-order valence-corrected chi connectivity index (χ4v) is 5.43. The van der Waals surface area contributed by atoms with Gasteiger partial charge in [0.2, 0.25) is 0 Å². The molecule has 0 bridgehead atoms. The van der Waals surface area contributed by atoms with Crippen molar-refractivity contribution in [3.8, 4) is 0 Å². The Morgan fingerprint density at radius 2 is 1.75 bits per heavy atom. The summed E-state index contributed by atoms with van der Waals surface area (Å²) >= 11 is 6.29. The second-order valence-corrected chi connectivity index (χ2v) is 11.1. The summed E-state index contributed by atoms with van der Waals surface area (Å²) in [6.07, 6.45) is 0.431. The first kappa shape index (κ1) is 20.9. The molecule has 6 heteroatoms. The molecule has 1 aliphatic heterocycles. The van der Waals surface area contributed by atoms with Crippen molar-refractivity contribution >= 4 is 33.0 Å². The van der Waals surface area contributed by atoms with E-state index in [4.69, 9.17) is 11.6 Å². The number of anilines is 1. The first-order valence-corrected chi connectivity index (χ1v) is 11.6. The zero-order valence-corrected chi connectivity index (χ0v) is 18.3. The predicted molar refractivity (Wildman–Crippen MR) is 115 cm³/mol. The third-order valence-electron chi connectivity index (χ3n) is 5.29. The Balaban J connectivity index is 2.04. The van der Waals surface area contributed by atoms with E-state index in [1.807, 2.05) is 37.3 Å². The molecule has 0 aliphatic carbocycles. The van der Waals surface area contributed by atoms with Crippen LogP contribution in [0.1, 0.15) is 48.7 Å². The number of sulfone groups is 1. The summed E-state index contributed by atoms with van der Waals surface area (Å²) in [6.45, 7) is 8.21. The van der Waals surface area contributed by atoms with Gasteiger partial charge >= 0.3 is 0 Å². The molecule has 28 heavy (non-hydrogen) atoms. The molecule has 2 aromatic rings. The van der Waals surface area contributed by atoms with Crippen molar-refractivity contribution in [2.45, 2.75) is 45.6 Å². The number of amides is 1. The van der Waals surface area contributed by atoms with Crippen LogP contribution in [0.4, 0.5) is 5.69 Å². The van der Waals surface area contributed by atoms with Gasteiger partial charge in [-0.25, -0.2) is 8.42 Å². The van der Waals surface area contributed by atoms with Gasteiger partial charge in [0.25, 0.3) is 5.91 Å². The van der Waals surface area contributed by atoms with Crippen LogP contribution in [0, 0.1) is 6.92 Å². The number of halogens is 1. The molecule has 2 aromatic carbocycles. The highest BCUT2D eigenvalue weighted by molar-refractivity contribution is 7.91. The molecule has 1 atom stereocenters. The fourth-order valence-electron chi connectivity index (χ4n) is 3.56. The number of rotatable bonds is 3. The van der Waals surface area contributed by atoms with Crippen LogP contribution in [0.2, 0.25) is 5.02 Å². The van der Waals surface area contributed by atoms with Gasteiger partial charge in [0.15, 0.2) is 9.84 Å². The average Bonchev–Trinajstić information content (AvgIpc) is 2.97. The first-order chi connectivity index (χ1) is 13.0. The number of carbonyl (C=O) groups is 1. The number of nitrogens with zero attached hydrogens (tertiary/aromatic N) is 1. The van der Waals surface area contributed by atoms with Gasteiger partial charge in [-0.2, -0.15) is 0 Å². The standard InChI is InChI=1S/C22H26ClNO3S/c1-15-19(23)6-5-7-20(15)24(18-12-13-28(26,27)14-18)21(25)16-8-10-17(11-9-16)22(2,3)4/h5-11,18H,12-14H2,1-4H3. The van der Waals surface area contributed by atoms with E-state index < -0.39 is 15.9 Å². The second kappa shape index (κ2) is 7.53. The van der Waals surface area contributed by atoms with Crippen LogP contribution >= 0.6 is 11.6 Å². The van der Waals surface area contributed by atoms with Crippen molar-refractivity contribution in [2.75, 3.05) is 16.4 Å². The molecule has 1 heterocycles. The fraction of sp³-hybridized carbons (Fsp3) is 0.409. The molecule has 1 saturated heterocycles. The molecule has 4 nitrogen and oxygen atoms in total. The molecule has 150 valence electrons. The van der Waals surface area contributed by atoms with E-state index in [0.29, 0.717) is 22.7 Å². The summed E-state index contributed by atoms with van der Waals surface area (Å²) in [5.74, 6) is -0.123. The Kier molecular flexibility index (Phi) is 5.61. The van der Waals surface area contributed by atoms with Crippen LogP contribution in [-0.4, -0.2) is 31.9 Å². The molecule has 1 amide bonds. The second-order valence-electron chi connectivity index (χ2n) is 8.44. The maximum Gasteiger partial charge on any atom is 0.258 e. The van der Waals surface area contributed by atoms with Crippen molar-refractivity contribution < 1.29 is 13.2 Å². The molecule has 0 saturated carbocycles. The molecule has 1 unspecified atom stereocenters. The molecule has 0 N–H and O–H groups in total.